The highest BCUT2D eigenvalue weighted by atomic mass is 16.6. The Morgan fingerprint density at radius 2 is 1.90 bits per heavy atom. The van der Waals surface area contributed by atoms with Crippen LogP contribution in [0.25, 0.3) is 11.0 Å². The molecule has 0 N–H and O–H groups in total. The molecule has 1 fully saturated rings. The maximum atomic E-state index is 5.41. The van der Waals surface area contributed by atoms with Crippen molar-refractivity contribution in [1.29, 1.82) is 0 Å². The average molecular weight is 421 g/mol. The van der Waals surface area contributed by atoms with Crippen molar-refractivity contribution in [2.24, 2.45) is 5.92 Å². The van der Waals surface area contributed by atoms with Crippen molar-refractivity contribution in [1.82, 2.24) is 20.1 Å². The number of hydrogen-bond acceptors (Lipinski definition) is 6. The average Bonchev–Trinajstić information content (AvgIpc) is 3.44. The van der Waals surface area contributed by atoms with Crippen LogP contribution in [0, 0.1) is 5.92 Å². The molecule has 1 saturated heterocycles. The van der Waals surface area contributed by atoms with Gasteiger partial charge in [-0.1, -0.05) is 30.3 Å². The van der Waals surface area contributed by atoms with E-state index in [2.05, 4.69) is 56.5 Å². The van der Waals surface area contributed by atoms with Gasteiger partial charge in [0.15, 0.2) is 0 Å². The van der Waals surface area contributed by atoms with Gasteiger partial charge in [0.1, 0.15) is 11.0 Å². The van der Waals surface area contributed by atoms with Crippen LogP contribution >= 0.6 is 0 Å². The summed E-state index contributed by atoms with van der Waals surface area (Å²) < 4.78 is 10.3. The van der Waals surface area contributed by atoms with Gasteiger partial charge in [-0.05, 0) is 77.3 Å². The van der Waals surface area contributed by atoms with E-state index in [1.54, 1.807) is 18.2 Å². The van der Waals surface area contributed by atoms with E-state index in [0.29, 0.717) is 12.0 Å². The summed E-state index contributed by atoms with van der Waals surface area (Å²) in [6.07, 6.45) is 5.03. The molecule has 6 heteroatoms. The Kier molecular flexibility index (Phi) is 6.30. The van der Waals surface area contributed by atoms with Gasteiger partial charge >= 0.3 is 0 Å². The van der Waals surface area contributed by atoms with Crippen LogP contribution in [0.5, 0.6) is 0 Å². The van der Waals surface area contributed by atoms with Gasteiger partial charge < -0.3 is 4.74 Å². The Balaban J connectivity index is 1.22. The highest BCUT2D eigenvalue weighted by Crippen LogP contribution is 2.29. The smallest absolute Gasteiger partial charge is 0.135 e. The Hall–Kier alpha value is -2.28. The minimum Gasteiger partial charge on any atom is -0.383 e. The van der Waals surface area contributed by atoms with E-state index < -0.39 is 0 Å². The number of piperidine rings is 1. The van der Waals surface area contributed by atoms with E-state index in [-0.39, 0.29) is 0 Å². The van der Waals surface area contributed by atoms with Crippen molar-refractivity contribution in [3.05, 3.63) is 59.2 Å². The molecule has 5 rings (SSSR count). The van der Waals surface area contributed by atoms with Crippen molar-refractivity contribution >= 4 is 11.0 Å². The van der Waals surface area contributed by atoms with Crippen molar-refractivity contribution in [2.75, 3.05) is 39.9 Å². The summed E-state index contributed by atoms with van der Waals surface area (Å²) in [5, 5.41) is 7.92. The Morgan fingerprint density at radius 1 is 1.10 bits per heavy atom. The lowest BCUT2D eigenvalue weighted by molar-refractivity contribution is 0.0844. The quantitative estimate of drug-likeness (QED) is 0.556. The van der Waals surface area contributed by atoms with Crippen molar-refractivity contribution in [2.45, 2.75) is 38.3 Å². The molecule has 164 valence electrons. The predicted molar refractivity (Wildman–Crippen MR) is 121 cm³/mol. The van der Waals surface area contributed by atoms with Gasteiger partial charge in [-0.2, -0.15) is 0 Å². The Bertz CT molecular complexity index is 979. The van der Waals surface area contributed by atoms with Crippen LogP contribution < -0.4 is 0 Å². The molecule has 0 amide bonds. The number of methoxy groups -OCH3 is 1. The van der Waals surface area contributed by atoms with Crippen molar-refractivity contribution in [3.8, 4) is 0 Å². The first kappa shape index (κ1) is 20.6. The van der Waals surface area contributed by atoms with Gasteiger partial charge in [0.25, 0.3) is 0 Å². The topological polar surface area (TPSA) is 54.6 Å². The second-order valence-electron chi connectivity index (χ2n) is 9.15. The highest BCUT2D eigenvalue weighted by Gasteiger charge is 2.31. The minimum absolute atomic E-state index is 0.676. The molecule has 1 aliphatic heterocycles. The van der Waals surface area contributed by atoms with E-state index in [0.717, 1.165) is 37.3 Å². The molecular weight excluding hydrogens is 388 g/mol. The number of benzene rings is 2. The van der Waals surface area contributed by atoms with Gasteiger partial charge in [-0.15, -0.1) is 0 Å². The van der Waals surface area contributed by atoms with E-state index in [9.17, 15) is 0 Å². The molecule has 6 nitrogen and oxygen atoms in total. The van der Waals surface area contributed by atoms with Gasteiger partial charge in [-0.3, -0.25) is 9.80 Å². The number of hydrogen-bond donors (Lipinski definition) is 0. The number of fused-ring (bicyclic) bond motifs is 2. The molecule has 3 aromatic rings. The molecule has 0 saturated carbocycles. The number of nitrogens with zero attached hydrogens (tertiary/aromatic N) is 4. The third kappa shape index (κ3) is 4.81. The second kappa shape index (κ2) is 9.47. The molecule has 31 heavy (non-hydrogen) atoms. The monoisotopic (exact) mass is 420 g/mol. The summed E-state index contributed by atoms with van der Waals surface area (Å²) in [6.45, 7) is 6.14. The fourth-order valence-electron chi connectivity index (χ4n) is 5.38. The van der Waals surface area contributed by atoms with E-state index >= 15 is 0 Å². The fraction of sp³-hybridized carbons (Fsp3) is 0.520. The molecule has 1 aliphatic carbocycles. The summed E-state index contributed by atoms with van der Waals surface area (Å²) in [4.78, 5) is 5.30. The zero-order valence-corrected chi connectivity index (χ0v) is 18.4. The van der Waals surface area contributed by atoms with Gasteiger partial charge in [0.2, 0.25) is 0 Å². The molecule has 1 atom stereocenters. The maximum Gasteiger partial charge on any atom is 0.135 e. The second-order valence-corrected chi connectivity index (χ2v) is 9.15. The summed E-state index contributed by atoms with van der Waals surface area (Å²) in [5.74, 6) is 0.701. The molecule has 0 radical (unpaired) electrons. The lowest BCUT2D eigenvalue weighted by Gasteiger charge is -2.38. The first-order valence-electron chi connectivity index (χ1n) is 11.5. The van der Waals surface area contributed by atoms with Crippen molar-refractivity contribution < 1.29 is 9.37 Å². The molecule has 0 spiro atoms. The highest BCUT2D eigenvalue weighted by molar-refractivity contribution is 5.73. The molecule has 0 bridgehead atoms. The lowest BCUT2D eigenvalue weighted by atomic mass is 9.95. The van der Waals surface area contributed by atoms with E-state index in [1.165, 1.54) is 44.3 Å². The van der Waals surface area contributed by atoms with Crippen LogP contribution in [0.4, 0.5) is 0 Å². The maximum absolute atomic E-state index is 5.41. The summed E-state index contributed by atoms with van der Waals surface area (Å²) in [5.41, 5.74) is 5.99. The molecule has 2 aliphatic rings. The lowest BCUT2D eigenvalue weighted by Crippen LogP contribution is -2.46. The molecular formula is C25H32N4O2. The van der Waals surface area contributed by atoms with E-state index in [4.69, 9.17) is 9.37 Å². The number of rotatable bonds is 8. The first-order valence-corrected chi connectivity index (χ1v) is 11.5. The SMILES string of the molecule is COCCN(Cc1ccc2nonc2c1)C[C@@H]1CCCN(C2Cc3ccccc3C2)C1. The van der Waals surface area contributed by atoms with Gasteiger partial charge in [0, 0.05) is 39.3 Å². The van der Waals surface area contributed by atoms with Crippen LogP contribution in [0.15, 0.2) is 47.1 Å². The van der Waals surface area contributed by atoms with Crippen LogP contribution in [0.2, 0.25) is 0 Å². The van der Waals surface area contributed by atoms with Gasteiger partial charge in [-0.25, -0.2) is 4.63 Å². The Labute approximate surface area is 184 Å². The van der Waals surface area contributed by atoms with Crippen molar-refractivity contribution in [3.63, 3.8) is 0 Å². The zero-order chi connectivity index (χ0) is 21.0. The number of aromatic nitrogens is 2. The summed E-state index contributed by atoms with van der Waals surface area (Å²) in [6, 6.07) is 15.9. The zero-order valence-electron chi connectivity index (χ0n) is 18.4. The molecule has 2 heterocycles. The molecule has 2 aromatic carbocycles. The third-order valence-electron chi connectivity index (χ3n) is 6.95. The largest absolute Gasteiger partial charge is 0.383 e. The van der Waals surface area contributed by atoms with Crippen LogP contribution in [0.1, 0.15) is 29.5 Å². The van der Waals surface area contributed by atoms with E-state index in [1.807, 2.05) is 6.07 Å². The minimum atomic E-state index is 0.676. The molecule has 0 unspecified atom stereocenters. The van der Waals surface area contributed by atoms with Gasteiger partial charge in [0.05, 0.1) is 6.61 Å². The predicted octanol–water partition coefficient (Wildman–Crippen LogP) is 3.55. The normalized spacial score (nSPS) is 20.0. The van der Waals surface area contributed by atoms with Crippen LogP contribution in [-0.2, 0) is 24.1 Å². The summed E-state index contributed by atoms with van der Waals surface area (Å²) in [7, 11) is 1.78. The summed E-state index contributed by atoms with van der Waals surface area (Å²) >= 11 is 0. The number of likely N-dealkylation sites (tertiary alicyclic amines) is 1. The molecule has 1 aromatic heterocycles. The Morgan fingerprint density at radius 3 is 2.71 bits per heavy atom. The first-order chi connectivity index (χ1) is 15.3. The number of ether oxygens (including phenoxy) is 1. The van der Waals surface area contributed by atoms with Crippen LogP contribution in [0.3, 0.4) is 0 Å². The fourth-order valence-corrected chi connectivity index (χ4v) is 5.38. The standard InChI is InChI=1S/C25H32N4O2/c1-30-12-11-28(16-19-8-9-24-25(13-19)27-31-26-24)17-20-5-4-10-29(18-20)23-14-21-6-2-3-7-22(21)15-23/h2-3,6-9,13,20,23H,4-5,10-12,14-18H2,1H3/t20-/m0/s1. The third-order valence-corrected chi connectivity index (χ3v) is 6.95. The van der Waals surface area contributed by atoms with Crippen LogP contribution in [-0.4, -0.2) is 66.1 Å².